The zero-order chi connectivity index (χ0) is 18.4. The van der Waals surface area contributed by atoms with Gasteiger partial charge in [0.15, 0.2) is 5.54 Å². The maximum atomic E-state index is 12.8. The molecule has 1 aliphatic rings. The lowest BCUT2D eigenvalue weighted by Crippen LogP contribution is -2.46. The molecule has 2 aromatic carbocycles. The number of rotatable bonds is 8. The first-order chi connectivity index (χ1) is 12.7. The minimum atomic E-state index is -1.20. The molecule has 1 aliphatic heterocycles. The molecule has 0 fully saturated rings. The molecule has 0 saturated heterocycles. The van der Waals surface area contributed by atoms with Crippen LogP contribution in [0, 0.1) is 0 Å². The van der Waals surface area contributed by atoms with Crippen LogP contribution < -0.4 is 0 Å². The topological polar surface area (TPSA) is 47.9 Å². The Morgan fingerprint density at radius 1 is 1.08 bits per heavy atom. The highest BCUT2D eigenvalue weighted by molar-refractivity contribution is 6.08. The zero-order valence-electron chi connectivity index (χ0n) is 14.5. The molecule has 0 aromatic heterocycles. The number of hydrogen-bond donors (Lipinski definition) is 0. The van der Waals surface area contributed by atoms with Gasteiger partial charge in [-0.1, -0.05) is 60.7 Å². The van der Waals surface area contributed by atoms with E-state index in [0.29, 0.717) is 18.9 Å². The van der Waals surface area contributed by atoms with E-state index in [9.17, 15) is 4.79 Å². The van der Waals surface area contributed by atoms with E-state index in [-0.39, 0.29) is 0 Å². The maximum absolute atomic E-state index is 12.8. The largest absolute Gasteiger partial charge is 0.405 e. The molecule has 2 aromatic rings. The Bertz CT molecular complexity index is 814. The second-order valence-electron chi connectivity index (χ2n) is 6.04. The van der Waals surface area contributed by atoms with Crippen LogP contribution in [0.2, 0.25) is 0 Å². The fourth-order valence-electron chi connectivity index (χ4n) is 2.94. The number of carbonyl (C=O) groups is 1. The van der Waals surface area contributed by atoms with Crippen molar-refractivity contribution in [2.45, 2.75) is 24.7 Å². The van der Waals surface area contributed by atoms with Gasteiger partial charge in [0, 0.05) is 12.0 Å². The summed E-state index contributed by atoms with van der Waals surface area (Å²) in [6.45, 7) is 7.96. The third-order valence-corrected chi connectivity index (χ3v) is 4.28. The summed E-state index contributed by atoms with van der Waals surface area (Å²) in [7, 11) is 0. The number of aliphatic imine (C=N–C) groups is 1. The summed E-state index contributed by atoms with van der Waals surface area (Å²) in [6.07, 6.45) is 2.93. The van der Waals surface area contributed by atoms with Gasteiger partial charge in [-0.15, -0.1) is 13.2 Å². The van der Waals surface area contributed by atoms with Gasteiger partial charge in [0.25, 0.3) is 0 Å². The smallest absolute Gasteiger partial charge is 0.344 e. The average molecular weight is 347 g/mol. The van der Waals surface area contributed by atoms with Gasteiger partial charge in [-0.3, -0.25) is 0 Å². The fourth-order valence-corrected chi connectivity index (χ4v) is 2.94. The quantitative estimate of drug-likeness (QED) is 0.534. The van der Waals surface area contributed by atoms with Crippen molar-refractivity contribution in [3.8, 4) is 0 Å². The second kappa shape index (κ2) is 7.93. The van der Waals surface area contributed by atoms with Crippen LogP contribution >= 0.6 is 0 Å². The maximum Gasteiger partial charge on any atom is 0.344 e. The number of carbonyl (C=O) groups excluding carboxylic acids is 1. The summed E-state index contributed by atoms with van der Waals surface area (Å²) in [5, 5.41) is 0. The van der Waals surface area contributed by atoms with Crippen LogP contribution in [0.25, 0.3) is 0 Å². The third-order valence-electron chi connectivity index (χ3n) is 4.28. The molecule has 0 amide bonds. The van der Waals surface area contributed by atoms with E-state index < -0.39 is 17.6 Å². The zero-order valence-corrected chi connectivity index (χ0v) is 14.5. The summed E-state index contributed by atoms with van der Waals surface area (Å²) in [6, 6.07) is 19.1. The number of benzene rings is 2. The molecule has 4 heteroatoms. The average Bonchev–Trinajstić information content (AvgIpc) is 3.01. The van der Waals surface area contributed by atoms with Crippen LogP contribution in [-0.4, -0.2) is 23.5 Å². The summed E-state index contributed by atoms with van der Waals surface area (Å²) >= 11 is 0. The Morgan fingerprint density at radius 2 is 1.73 bits per heavy atom. The first-order valence-electron chi connectivity index (χ1n) is 8.46. The summed E-state index contributed by atoms with van der Waals surface area (Å²) < 4.78 is 11.5. The van der Waals surface area contributed by atoms with Gasteiger partial charge < -0.3 is 9.47 Å². The van der Waals surface area contributed by atoms with Crippen molar-refractivity contribution in [3.05, 3.63) is 97.1 Å². The van der Waals surface area contributed by atoms with E-state index in [1.54, 1.807) is 12.2 Å². The molecular weight excluding hydrogens is 326 g/mol. The summed E-state index contributed by atoms with van der Waals surface area (Å²) in [5.74, 6) is -0.151. The lowest BCUT2D eigenvalue weighted by molar-refractivity contribution is -0.143. The van der Waals surface area contributed by atoms with Gasteiger partial charge in [-0.25, -0.2) is 9.79 Å². The van der Waals surface area contributed by atoms with Gasteiger partial charge in [0.05, 0.1) is 6.61 Å². The van der Waals surface area contributed by atoms with Crippen LogP contribution in [0.4, 0.5) is 0 Å². The molecule has 0 bridgehead atoms. The van der Waals surface area contributed by atoms with Crippen molar-refractivity contribution in [3.63, 3.8) is 0 Å². The van der Waals surface area contributed by atoms with Crippen molar-refractivity contribution in [1.82, 2.24) is 0 Å². The number of nitrogens with zero attached hydrogens (tertiary/aromatic N) is 1. The van der Waals surface area contributed by atoms with E-state index in [1.807, 2.05) is 60.7 Å². The molecular formula is C22H21NO3. The summed E-state index contributed by atoms with van der Waals surface area (Å²) in [5.41, 5.74) is 0.549. The Labute approximate surface area is 153 Å². The predicted molar refractivity (Wildman–Crippen MR) is 102 cm³/mol. The molecule has 0 unspecified atom stereocenters. The van der Waals surface area contributed by atoms with Gasteiger partial charge in [-0.05, 0) is 17.7 Å². The molecule has 3 rings (SSSR count). The van der Waals surface area contributed by atoms with E-state index >= 15 is 0 Å². The van der Waals surface area contributed by atoms with E-state index in [4.69, 9.17) is 9.47 Å². The lowest BCUT2D eigenvalue weighted by Gasteiger charge is -2.28. The molecule has 4 nitrogen and oxygen atoms in total. The van der Waals surface area contributed by atoms with Crippen molar-refractivity contribution >= 4 is 11.9 Å². The Kier molecular flexibility index (Phi) is 5.44. The van der Waals surface area contributed by atoms with Crippen LogP contribution in [-0.2, 0) is 20.9 Å². The van der Waals surface area contributed by atoms with E-state index in [2.05, 4.69) is 18.2 Å². The van der Waals surface area contributed by atoms with Crippen molar-refractivity contribution in [2.24, 2.45) is 4.99 Å². The van der Waals surface area contributed by atoms with Gasteiger partial charge >= 0.3 is 5.97 Å². The van der Waals surface area contributed by atoms with Crippen molar-refractivity contribution in [2.75, 3.05) is 0 Å². The minimum absolute atomic E-state index is 0.299. The Balaban J connectivity index is 1.89. The number of hydrogen-bond acceptors (Lipinski definition) is 4. The second-order valence-corrected chi connectivity index (χ2v) is 6.04. The Hall–Kier alpha value is -2.98. The van der Waals surface area contributed by atoms with E-state index in [0.717, 1.165) is 11.1 Å². The highest BCUT2D eigenvalue weighted by Crippen LogP contribution is 2.33. The first kappa shape index (κ1) is 17.8. The van der Waals surface area contributed by atoms with Crippen molar-refractivity contribution in [1.29, 1.82) is 0 Å². The number of cyclic esters (lactones) is 1. The van der Waals surface area contributed by atoms with Crippen LogP contribution in [0.15, 0.2) is 91.0 Å². The van der Waals surface area contributed by atoms with Crippen molar-refractivity contribution < 1.29 is 14.3 Å². The number of ether oxygens (including phenoxy) is 2. The molecule has 0 aliphatic carbocycles. The normalized spacial score (nSPS) is 20.2. The Morgan fingerprint density at radius 3 is 2.35 bits per heavy atom. The first-order valence-corrected chi connectivity index (χ1v) is 8.46. The lowest BCUT2D eigenvalue weighted by atomic mass is 9.89. The van der Waals surface area contributed by atoms with Crippen LogP contribution in [0.5, 0.6) is 0 Å². The van der Waals surface area contributed by atoms with Gasteiger partial charge in [0.1, 0.15) is 6.10 Å². The molecule has 1 heterocycles. The standard InChI is InChI=1S/C22H21NO3/c1-3-15-22(19(4-2)25-16-17-11-7-5-8-12-17)21(24)26-20(23-22)18-13-9-6-10-14-18/h3-14,19H,1-2,15-16H2/t19-,22+/m1/s1. The molecule has 0 spiro atoms. The molecule has 132 valence electrons. The van der Waals surface area contributed by atoms with Crippen LogP contribution in [0.1, 0.15) is 17.5 Å². The summed E-state index contributed by atoms with van der Waals surface area (Å²) in [4.78, 5) is 17.4. The van der Waals surface area contributed by atoms with E-state index in [1.165, 1.54) is 0 Å². The fraction of sp³-hybridized carbons (Fsp3) is 0.182. The van der Waals surface area contributed by atoms with Gasteiger partial charge in [-0.2, -0.15) is 0 Å². The molecule has 0 N–H and O–H groups in total. The molecule has 0 radical (unpaired) electrons. The number of esters is 1. The highest BCUT2D eigenvalue weighted by atomic mass is 16.6. The molecule has 2 atom stereocenters. The highest BCUT2D eigenvalue weighted by Gasteiger charge is 2.51. The monoisotopic (exact) mass is 347 g/mol. The van der Waals surface area contributed by atoms with Crippen LogP contribution in [0.3, 0.4) is 0 Å². The molecule has 26 heavy (non-hydrogen) atoms. The predicted octanol–water partition coefficient (Wildman–Crippen LogP) is 4.08. The SMILES string of the molecule is C=CC[C@@]1([C@@H](C=C)OCc2ccccc2)N=C(c2ccccc2)OC1=O. The third kappa shape index (κ3) is 3.51. The van der Waals surface area contributed by atoms with Gasteiger partial charge in [0.2, 0.25) is 5.90 Å². The minimum Gasteiger partial charge on any atom is -0.405 e. The molecule has 0 saturated carbocycles.